The number of nitrogens with zero attached hydrogens (tertiary/aromatic N) is 2. The first-order valence-corrected chi connectivity index (χ1v) is 10.7. The van der Waals surface area contributed by atoms with Gasteiger partial charge >= 0.3 is 8.80 Å². The second-order valence-electron chi connectivity index (χ2n) is 6.54. The van der Waals surface area contributed by atoms with Crippen molar-refractivity contribution >= 4 is 41.1 Å². The lowest BCUT2D eigenvalue weighted by atomic mass is 9.98. The first-order valence-electron chi connectivity index (χ1n) is 8.77. The molecule has 0 atom stereocenters. The van der Waals surface area contributed by atoms with E-state index in [-0.39, 0.29) is 0 Å². The summed E-state index contributed by atoms with van der Waals surface area (Å²) in [6.45, 7) is 0.892. The van der Waals surface area contributed by atoms with Crippen molar-refractivity contribution in [1.29, 1.82) is 0 Å². The molecule has 0 N–H and O–H groups in total. The Hall–Kier alpha value is -2.12. The summed E-state index contributed by atoms with van der Waals surface area (Å²) in [5.41, 5.74) is 0. The summed E-state index contributed by atoms with van der Waals surface area (Å²) in [6.07, 6.45) is 9.25. The summed E-state index contributed by atoms with van der Waals surface area (Å²) in [5, 5.41) is 7.49. The summed E-state index contributed by atoms with van der Waals surface area (Å²) in [5.74, 6) is 0. The van der Waals surface area contributed by atoms with Crippen LogP contribution in [0.15, 0.2) is 49.1 Å². The molecule has 0 radical (unpaired) electrons. The Morgan fingerprint density at radius 3 is 1.85 bits per heavy atom. The zero-order valence-corrected chi connectivity index (χ0v) is 16.4. The van der Waals surface area contributed by atoms with Crippen LogP contribution in [0, 0.1) is 0 Å². The number of aryl methyl sites for hydroxylation is 1. The van der Waals surface area contributed by atoms with E-state index in [0.29, 0.717) is 0 Å². The van der Waals surface area contributed by atoms with Gasteiger partial charge in [-0.25, -0.2) is 4.57 Å². The number of hydrogen-bond acceptors (Lipinski definition) is 4. The molecule has 0 saturated carbocycles. The molecule has 0 aliphatic carbocycles. The third kappa shape index (κ3) is 2.85. The third-order valence-corrected chi connectivity index (χ3v) is 7.99. The van der Waals surface area contributed by atoms with Crippen LogP contribution >= 0.6 is 0 Å². The Morgan fingerprint density at radius 1 is 0.808 bits per heavy atom. The fourth-order valence-corrected chi connectivity index (χ4v) is 5.49. The first kappa shape index (κ1) is 17.3. The molecule has 2 aromatic heterocycles. The Bertz CT molecular complexity index is 977. The van der Waals surface area contributed by atoms with E-state index in [9.17, 15) is 0 Å². The lowest BCUT2D eigenvalue weighted by Crippen LogP contribution is -2.44. The van der Waals surface area contributed by atoms with Gasteiger partial charge in [0.05, 0.1) is 0 Å². The highest BCUT2D eigenvalue weighted by atomic mass is 28.4. The molecule has 0 fully saturated rings. The van der Waals surface area contributed by atoms with Crippen LogP contribution in [0.25, 0.3) is 32.3 Å². The van der Waals surface area contributed by atoms with Gasteiger partial charge in [-0.3, -0.25) is 4.98 Å². The van der Waals surface area contributed by atoms with E-state index in [2.05, 4.69) is 46.2 Å². The summed E-state index contributed by atoms with van der Waals surface area (Å²) >= 11 is 0. The van der Waals surface area contributed by atoms with Gasteiger partial charge in [0.25, 0.3) is 0 Å². The smallest absolute Gasteiger partial charge is 0.377 e. The van der Waals surface area contributed by atoms with Gasteiger partial charge in [-0.05, 0) is 12.1 Å². The van der Waals surface area contributed by atoms with Gasteiger partial charge in [0.15, 0.2) is 12.4 Å². The minimum absolute atomic E-state index is 0.792. The highest BCUT2D eigenvalue weighted by Crippen LogP contribution is 2.32. The van der Waals surface area contributed by atoms with Crippen LogP contribution < -0.4 is 4.57 Å². The van der Waals surface area contributed by atoms with Gasteiger partial charge in [0, 0.05) is 78.5 Å². The third-order valence-electron chi connectivity index (χ3n) is 5.16. The Kier molecular flexibility index (Phi) is 4.58. The molecule has 2 aromatic carbocycles. The van der Waals surface area contributed by atoms with E-state index in [0.717, 1.165) is 19.0 Å². The lowest BCUT2D eigenvalue weighted by Gasteiger charge is -2.23. The molecule has 0 aliphatic heterocycles. The molecule has 0 spiro atoms. The van der Waals surface area contributed by atoms with Crippen molar-refractivity contribution in [1.82, 2.24) is 4.98 Å². The van der Waals surface area contributed by atoms with Gasteiger partial charge in [0.1, 0.15) is 6.54 Å². The highest BCUT2D eigenvalue weighted by molar-refractivity contribution is 6.60. The second kappa shape index (κ2) is 6.89. The fraction of sp³-hybridized carbons (Fsp3) is 0.300. The fourth-order valence-electron chi connectivity index (χ4n) is 3.79. The second-order valence-corrected chi connectivity index (χ2v) is 9.63. The van der Waals surface area contributed by atoms with Crippen LogP contribution in [0.5, 0.6) is 0 Å². The quantitative estimate of drug-likeness (QED) is 0.285. The van der Waals surface area contributed by atoms with Crippen LogP contribution in [-0.4, -0.2) is 35.1 Å². The normalized spacial score (nSPS) is 12.6. The SMILES string of the molecule is CO[Si](CCC[n+]1cc2ccc3cncc4ccc(c1)c2c34)(OC)OC. The molecule has 5 nitrogen and oxygen atoms in total. The molecule has 4 aromatic rings. The predicted octanol–water partition coefficient (Wildman–Crippen LogP) is 3.53. The predicted molar refractivity (Wildman–Crippen MR) is 104 cm³/mol. The van der Waals surface area contributed by atoms with Crippen LogP contribution in [-0.2, 0) is 19.8 Å². The molecule has 0 amide bonds. The average molecular weight is 368 g/mol. The van der Waals surface area contributed by atoms with E-state index in [4.69, 9.17) is 13.3 Å². The summed E-state index contributed by atoms with van der Waals surface area (Å²) < 4.78 is 18.8. The molecule has 0 aliphatic rings. The lowest BCUT2D eigenvalue weighted by molar-refractivity contribution is -0.694. The van der Waals surface area contributed by atoms with Crippen molar-refractivity contribution in [3.8, 4) is 0 Å². The van der Waals surface area contributed by atoms with E-state index in [1.807, 2.05) is 12.4 Å². The summed E-state index contributed by atoms with van der Waals surface area (Å²) in [4.78, 5) is 4.34. The Balaban J connectivity index is 1.67. The molecular formula is C20H23N2O3Si+. The average Bonchev–Trinajstić information content (AvgIpc) is 2.70. The van der Waals surface area contributed by atoms with Crippen molar-refractivity contribution < 1.29 is 17.8 Å². The molecule has 26 heavy (non-hydrogen) atoms. The largest absolute Gasteiger partial charge is 0.500 e. The summed E-state index contributed by atoms with van der Waals surface area (Å²) in [7, 11) is 2.48. The maximum Gasteiger partial charge on any atom is 0.500 e. The summed E-state index contributed by atoms with van der Waals surface area (Å²) in [6, 6.07) is 9.46. The van der Waals surface area contributed by atoms with Crippen LogP contribution in [0.2, 0.25) is 6.04 Å². The topological polar surface area (TPSA) is 44.5 Å². The molecule has 2 heterocycles. The zero-order chi connectivity index (χ0) is 18.1. The Morgan fingerprint density at radius 2 is 1.31 bits per heavy atom. The zero-order valence-electron chi connectivity index (χ0n) is 15.4. The Labute approximate surface area is 153 Å². The number of pyridine rings is 2. The minimum atomic E-state index is -2.51. The van der Waals surface area contributed by atoms with Crippen LogP contribution in [0.4, 0.5) is 0 Å². The van der Waals surface area contributed by atoms with E-state index in [1.165, 1.54) is 32.3 Å². The van der Waals surface area contributed by atoms with Crippen LogP contribution in [0.1, 0.15) is 6.42 Å². The molecule has 0 saturated heterocycles. The molecule has 4 rings (SSSR count). The molecule has 134 valence electrons. The molecular weight excluding hydrogens is 344 g/mol. The number of rotatable bonds is 7. The molecule has 6 heteroatoms. The maximum absolute atomic E-state index is 5.51. The van der Waals surface area contributed by atoms with E-state index >= 15 is 0 Å². The van der Waals surface area contributed by atoms with Crippen molar-refractivity contribution in [3.63, 3.8) is 0 Å². The van der Waals surface area contributed by atoms with Crippen LogP contribution in [0.3, 0.4) is 0 Å². The van der Waals surface area contributed by atoms with Gasteiger partial charge in [-0.2, -0.15) is 0 Å². The highest BCUT2D eigenvalue weighted by Gasteiger charge is 2.37. The number of aromatic nitrogens is 2. The van der Waals surface area contributed by atoms with Crippen molar-refractivity contribution in [2.45, 2.75) is 19.0 Å². The van der Waals surface area contributed by atoms with Crippen molar-refractivity contribution in [2.24, 2.45) is 0 Å². The standard InChI is InChI=1S/C20H23N2O3Si/c1-23-26(24-2,25-3)10-4-9-22-13-17-7-5-15-11-21-12-16-6-8-18(14-22)20(17)19(15)16/h5-8,11-14H,4,9-10H2,1-3H3/q+1. The molecule has 0 unspecified atom stereocenters. The van der Waals surface area contributed by atoms with Gasteiger partial charge < -0.3 is 13.3 Å². The maximum atomic E-state index is 5.51. The molecule has 0 bridgehead atoms. The van der Waals surface area contributed by atoms with Crippen molar-refractivity contribution in [2.75, 3.05) is 21.3 Å². The minimum Gasteiger partial charge on any atom is -0.377 e. The number of benzene rings is 2. The van der Waals surface area contributed by atoms with Gasteiger partial charge in [-0.1, -0.05) is 12.1 Å². The number of hydrogen-bond donors (Lipinski definition) is 0. The van der Waals surface area contributed by atoms with E-state index in [1.54, 1.807) is 21.3 Å². The van der Waals surface area contributed by atoms with E-state index < -0.39 is 8.80 Å². The van der Waals surface area contributed by atoms with Gasteiger partial charge in [0.2, 0.25) is 0 Å². The monoisotopic (exact) mass is 367 g/mol. The first-order chi connectivity index (χ1) is 12.7. The van der Waals surface area contributed by atoms with Gasteiger partial charge in [-0.15, -0.1) is 0 Å². The van der Waals surface area contributed by atoms with Crippen molar-refractivity contribution in [3.05, 3.63) is 49.1 Å².